The van der Waals surface area contributed by atoms with Crippen LogP contribution in [-0.2, 0) is 0 Å². The first-order valence-corrected chi connectivity index (χ1v) is 32.1. The number of hydrogen-bond acceptors (Lipinski definition) is 3. The predicted molar refractivity (Wildman–Crippen MR) is 370 cm³/mol. The van der Waals surface area contributed by atoms with Crippen molar-refractivity contribution in [2.24, 2.45) is 15.0 Å². The predicted octanol–water partition coefficient (Wildman–Crippen LogP) is 24.6. The van der Waals surface area contributed by atoms with Crippen molar-refractivity contribution >= 4 is 41.3 Å². The van der Waals surface area contributed by atoms with Crippen LogP contribution in [0.1, 0.15) is 278 Å². The Labute approximate surface area is 550 Å². The summed E-state index contributed by atoms with van der Waals surface area (Å²) in [5.74, 6) is 10.8. The van der Waals surface area contributed by atoms with Gasteiger partial charge in [-0.15, -0.1) is 0 Å². The van der Waals surface area contributed by atoms with Crippen LogP contribution in [0.2, 0.25) is 0 Å². The standard InChI is InChI=1S/2C25H35N2.C21H27N2.C7H8.Sm/c2*1-16(2)20-11-9-12-21(17(3)4)24(20)26-15-27-25-22(18(5)6)13-10-14-23(25)19(7)8;1-4-10-18(11-5-1)16-17-21(22-19-12-6-2-7-13-19)23-20-14-8-3-9-15-20;1-7-5-3-2-4-6-7;/h2*9-19H,1-8H3;1,4-5,10-11,19-20H,2-3,6-9,12-15H2;2-6H,1H3;/q3*-1;;+3. The topological polar surface area (TPSA) is 79.4 Å². The molecule has 0 aliphatic heterocycles. The molecule has 0 saturated heterocycles. The molecule has 6 aromatic rings. The number of nitrogens with zero attached hydrogens (tertiary/aromatic N) is 6. The third-order valence-electron chi connectivity index (χ3n) is 15.9. The van der Waals surface area contributed by atoms with Gasteiger partial charge in [0.15, 0.2) is 0 Å². The van der Waals surface area contributed by atoms with Gasteiger partial charge >= 0.3 is 40.4 Å². The Bertz CT molecular complexity index is 2790. The molecule has 0 atom stereocenters. The molecular weight excluding hydrogens is 1170 g/mol. The van der Waals surface area contributed by atoms with Crippen LogP contribution in [0.25, 0.3) is 16.0 Å². The fraction of sp³-hybridized carbons (Fsp3) is 0.474. The number of hydrogen-bond donors (Lipinski definition) is 0. The molecule has 2 aliphatic carbocycles. The quantitative estimate of drug-likeness (QED) is 0.0526. The minimum Gasteiger partial charge on any atom is -0.455 e. The average molecular weight is 1280 g/mol. The molecule has 0 heterocycles. The minimum absolute atomic E-state index is 0. The SMILES string of the molecule is C(#Cc1ccccc1)C(=NC1CCCCC1)[N-]C1CCCCC1.CC(C)c1cccc(C(C)C)c1N=C[N-]c1c(C(C)C)cccc1C(C)C.CC(C)c1cccc(C(C)C)c1N=C[N-]c1c(C(C)C)cccc1C(C)C.Cc1ccccc1.[Sm+3]. The van der Waals surface area contributed by atoms with E-state index >= 15 is 0 Å². The summed E-state index contributed by atoms with van der Waals surface area (Å²) in [5.41, 5.74) is 17.0. The Balaban J connectivity index is 0.000000257. The first kappa shape index (κ1) is 72.1. The molecule has 1 radical (unpaired) electrons. The Morgan fingerprint density at radius 3 is 1.04 bits per heavy atom. The monoisotopic (exact) mass is 1280 g/mol. The van der Waals surface area contributed by atoms with Gasteiger partial charge in [-0.25, -0.2) is 0 Å². The average Bonchev–Trinajstić information content (AvgIpc) is 3.44. The van der Waals surface area contributed by atoms with Crippen molar-refractivity contribution in [1.29, 1.82) is 0 Å². The van der Waals surface area contributed by atoms with Gasteiger partial charge in [-0.3, -0.25) is 0 Å². The third kappa shape index (κ3) is 23.7. The van der Waals surface area contributed by atoms with Gasteiger partial charge in [0.1, 0.15) is 0 Å². The number of rotatable bonds is 16. The number of benzene rings is 6. The van der Waals surface area contributed by atoms with E-state index in [1.807, 2.05) is 48.5 Å². The molecule has 0 bridgehead atoms. The third-order valence-corrected chi connectivity index (χ3v) is 15.9. The van der Waals surface area contributed by atoms with Crippen molar-refractivity contribution in [3.8, 4) is 11.8 Å². The maximum atomic E-state index is 4.92. The zero-order valence-electron chi connectivity index (χ0n) is 55.3. The Morgan fingerprint density at radius 1 is 0.400 bits per heavy atom. The minimum atomic E-state index is 0. The van der Waals surface area contributed by atoms with Crippen molar-refractivity contribution in [3.63, 3.8) is 0 Å². The van der Waals surface area contributed by atoms with E-state index in [2.05, 4.69) is 214 Å². The molecule has 2 aliphatic rings. The zero-order chi connectivity index (χ0) is 61.1. The maximum Gasteiger partial charge on any atom is 3.00 e. The normalized spacial score (nSPS) is 14.0. The molecule has 0 N–H and O–H groups in total. The van der Waals surface area contributed by atoms with Gasteiger partial charge < -0.3 is 30.9 Å². The van der Waals surface area contributed by atoms with E-state index in [9.17, 15) is 0 Å². The number of para-hydroxylation sites is 4. The van der Waals surface area contributed by atoms with Gasteiger partial charge in [-0.05, 0) is 152 Å². The largest absolute Gasteiger partial charge is 3.00 e. The molecule has 0 spiro atoms. The second kappa shape index (κ2) is 38.0. The van der Waals surface area contributed by atoms with Gasteiger partial charge in [0, 0.05) is 5.56 Å². The Morgan fingerprint density at radius 2 is 0.718 bits per heavy atom. The van der Waals surface area contributed by atoms with E-state index in [4.69, 9.17) is 30.9 Å². The fourth-order valence-corrected chi connectivity index (χ4v) is 11.0. The van der Waals surface area contributed by atoms with E-state index in [0.29, 0.717) is 59.4 Å². The Hall–Kier alpha value is -5.37. The summed E-state index contributed by atoms with van der Waals surface area (Å²) in [6.45, 7) is 37.6. The molecule has 8 rings (SSSR count). The van der Waals surface area contributed by atoms with E-state index in [0.717, 1.165) is 34.1 Å². The van der Waals surface area contributed by atoms with Crippen molar-refractivity contribution in [1.82, 2.24) is 0 Å². The molecule has 6 nitrogen and oxygen atoms in total. The molecule has 0 aromatic heterocycles. The van der Waals surface area contributed by atoms with E-state index in [1.54, 1.807) is 12.7 Å². The summed E-state index contributed by atoms with van der Waals surface area (Å²) in [4.78, 5) is 14.6. The summed E-state index contributed by atoms with van der Waals surface area (Å²) in [6.07, 6.45) is 16.3. The van der Waals surface area contributed by atoms with Gasteiger partial charge in [0.2, 0.25) is 0 Å². The van der Waals surface area contributed by atoms with Crippen molar-refractivity contribution in [2.75, 3.05) is 0 Å². The number of aryl methyl sites for hydroxylation is 1. The van der Waals surface area contributed by atoms with E-state index in [-0.39, 0.29) is 40.4 Å². The molecule has 85 heavy (non-hydrogen) atoms. The van der Waals surface area contributed by atoms with Crippen LogP contribution in [-0.4, -0.2) is 30.6 Å². The summed E-state index contributed by atoms with van der Waals surface area (Å²) >= 11 is 0. The first-order chi connectivity index (χ1) is 40.3. The maximum absolute atomic E-state index is 4.92. The summed E-state index contributed by atoms with van der Waals surface area (Å²) in [6, 6.07) is 47.4. The van der Waals surface area contributed by atoms with Gasteiger partial charge in [-0.1, -0.05) is 326 Å². The smallest absolute Gasteiger partial charge is 0.455 e. The van der Waals surface area contributed by atoms with Crippen LogP contribution in [0.5, 0.6) is 0 Å². The summed E-state index contributed by atoms with van der Waals surface area (Å²) in [7, 11) is 0. The first-order valence-electron chi connectivity index (χ1n) is 32.1. The Kier molecular flexibility index (Phi) is 32.3. The molecule has 7 heteroatoms. The van der Waals surface area contributed by atoms with Crippen molar-refractivity contribution in [3.05, 3.63) is 205 Å². The van der Waals surface area contributed by atoms with Crippen LogP contribution in [0.4, 0.5) is 22.7 Å². The van der Waals surface area contributed by atoms with Crippen LogP contribution in [0.3, 0.4) is 0 Å². The van der Waals surface area contributed by atoms with Crippen molar-refractivity contribution in [2.45, 2.75) is 241 Å². The molecule has 6 aromatic carbocycles. The molecule has 453 valence electrons. The zero-order valence-corrected chi connectivity index (χ0v) is 57.9. The van der Waals surface area contributed by atoms with Crippen molar-refractivity contribution < 1.29 is 40.4 Å². The van der Waals surface area contributed by atoms with E-state index in [1.165, 1.54) is 114 Å². The molecule has 0 unspecified atom stereocenters. The molecular formula is C78H105N6Sm. The number of aliphatic imine (C=N–C) groups is 3. The fourth-order valence-electron chi connectivity index (χ4n) is 11.0. The van der Waals surface area contributed by atoms with Gasteiger partial charge in [0.05, 0.1) is 0 Å². The van der Waals surface area contributed by atoms with E-state index < -0.39 is 0 Å². The van der Waals surface area contributed by atoms with Gasteiger partial charge in [0.25, 0.3) is 0 Å². The van der Waals surface area contributed by atoms with Crippen LogP contribution >= 0.6 is 0 Å². The summed E-state index contributed by atoms with van der Waals surface area (Å²) in [5, 5.41) is 14.6. The van der Waals surface area contributed by atoms with Gasteiger partial charge in [-0.2, -0.15) is 0 Å². The van der Waals surface area contributed by atoms with Crippen LogP contribution in [0, 0.1) is 59.2 Å². The molecule has 2 saturated carbocycles. The summed E-state index contributed by atoms with van der Waals surface area (Å²) < 4.78 is 0. The molecule has 2 fully saturated rings. The van der Waals surface area contributed by atoms with Crippen LogP contribution < -0.4 is 0 Å². The van der Waals surface area contributed by atoms with Crippen LogP contribution in [0.15, 0.2) is 148 Å². The molecule has 0 amide bonds. The number of amidine groups is 1. The second-order valence-electron chi connectivity index (χ2n) is 25.6. The second-order valence-corrected chi connectivity index (χ2v) is 25.6.